The number of hydrogen-bond donors (Lipinski definition) is 0. The van der Waals surface area contributed by atoms with Crippen LogP contribution in [0.1, 0.15) is 5.69 Å². The summed E-state index contributed by atoms with van der Waals surface area (Å²) in [5, 5.41) is 3.60. The predicted molar refractivity (Wildman–Crippen MR) is 48.1 cm³/mol. The SMILES string of the molecule is Cc1ccn(-c2c(F)c(F)c(F)c(F)c2F)n1. The monoisotopic (exact) mass is 248 g/mol. The van der Waals surface area contributed by atoms with Crippen LogP contribution >= 0.6 is 0 Å². The van der Waals surface area contributed by atoms with Crippen LogP contribution in [0.4, 0.5) is 22.0 Å². The molecule has 0 N–H and O–H groups in total. The molecule has 1 aromatic heterocycles. The van der Waals surface area contributed by atoms with Crippen LogP contribution in [-0.4, -0.2) is 9.78 Å². The van der Waals surface area contributed by atoms with E-state index in [0.29, 0.717) is 10.4 Å². The zero-order valence-corrected chi connectivity index (χ0v) is 8.44. The molecule has 0 bridgehead atoms. The molecule has 0 radical (unpaired) electrons. The molecule has 0 saturated carbocycles. The highest BCUT2D eigenvalue weighted by atomic mass is 19.2. The van der Waals surface area contributed by atoms with Crippen molar-refractivity contribution >= 4 is 0 Å². The first-order valence-corrected chi connectivity index (χ1v) is 4.47. The fourth-order valence-corrected chi connectivity index (χ4v) is 1.33. The molecule has 2 nitrogen and oxygen atoms in total. The van der Waals surface area contributed by atoms with E-state index in [-0.39, 0.29) is 0 Å². The van der Waals surface area contributed by atoms with Gasteiger partial charge in [0.2, 0.25) is 5.82 Å². The Hall–Kier alpha value is -1.92. The Bertz CT molecular complexity index is 562. The minimum absolute atomic E-state index is 0.383. The van der Waals surface area contributed by atoms with Crippen LogP contribution in [0.3, 0.4) is 0 Å². The van der Waals surface area contributed by atoms with Crippen LogP contribution in [0.25, 0.3) is 5.69 Å². The molecule has 0 amide bonds. The lowest BCUT2D eigenvalue weighted by Crippen LogP contribution is -2.10. The molecule has 7 heteroatoms. The maximum atomic E-state index is 13.3. The Balaban J connectivity index is 2.78. The summed E-state index contributed by atoms with van der Waals surface area (Å²) in [6.45, 7) is 1.52. The van der Waals surface area contributed by atoms with Gasteiger partial charge >= 0.3 is 0 Å². The first-order chi connectivity index (χ1) is 7.93. The molecule has 0 aliphatic rings. The van der Waals surface area contributed by atoms with Crippen LogP contribution in [0.5, 0.6) is 0 Å². The van der Waals surface area contributed by atoms with E-state index in [0.717, 1.165) is 6.20 Å². The Morgan fingerprint density at radius 3 is 1.76 bits per heavy atom. The van der Waals surface area contributed by atoms with E-state index >= 15 is 0 Å². The maximum Gasteiger partial charge on any atom is 0.200 e. The Morgan fingerprint density at radius 2 is 1.35 bits per heavy atom. The summed E-state index contributed by atoms with van der Waals surface area (Å²) in [5.41, 5.74) is -0.705. The molecule has 0 spiro atoms. The predicted octanol–water partition coefficient (Wildman–Crippen LogP) is 2.88. The fourth-order valence-electron chi connectivity index (χ4n) is 1.33. The highest BCUT2D eigenvalue weighted by Crippen LogP contribution is 2.25. The van der Waals surface area contributed by atoms with E-state index in [1.165, 1.54) is 13.0 Å². The number of aryl methyl sites for hydroxylation is 1. The molecule has 0 saturated heterocycles. The number of rotatable bonds is 1. The highest BCUT2D eigenvalue weighted by molar-refractivity contribution is 5.37. The smallest absolute Gasteiger partial charge is 0.200 e. The minimum Gasteiger partial charge on any atom is -0.234 e. The molecule has 2 aromatic rings. The molecule has 2 rings (SSSR count). The van der Waals surface area contributed by atoms with Crippen LogP contribution in [-0.2, 0) is 0 Å². The van der Waals surface area contributed by atoms with Crippen LogP contribution < -0.4 is 0 Å². The first kappa shape index (κ1) is 11.6. The number of nitrogens with zero attached hydrogens (tertiary/aromatic N) is 2. The molecule has 1 aromatic carbocycles. The van der Waals surface area contributed by atoms with Gasteiger partial charge in [0.1, 0.15) is 5.69 Å². The van der Waals surface area contributed by atoms with Gasteiger partial charge in [-0.2, -0.15) is 5.10 Å². The van der Waals surface area contributed by atoms with Crippen LogP contribution in [0.2, 0.25) is 0 Å². The van der Waals surface area contributed by atoms with Gasteiger partial charge in [-0.15, -0.1) is 0 Å². The van der Waals surface area contributed by atoms with Crippen LogP contribution in [0, 0.1) is 36.0 Å². The van der Waals surface area contributed by atoms with Crippen molar-refractivity contribution in [2.45, 2.75) is 6.92 Å². The number of hydrogen-bond acceptors (Lipinski definition) is 1. The Labute approximate surface area is 92.3 Å². The first-order valence-electron chi connectivity index (χ1n) is 4.47. The molecular formula is C10H5F5N2. The summed E-state index contributed by atoms with van der Waals surface area (Å²) in [7, 11) is 0. The maximum absolute atomic E-state index is 13.3. The van der Waals surface area contributed by atoms with Gasteiger partial charge in [0.05, 0.1) is 5.69 Å². The number of aromatic nitrogens is 2. The van der Waals surface area contributed by atoms with Crippen molar-refractivity contribution in [3.05, 3.63) is 47.0 Å². The van der Waals surface area contributed by atoms with Gasteiger partial charge < -0.3 is 0 Å². The van der Waals surface area contributed by atoms with Gasteiger partial charge in [-0.1, -0.05) is 0 Å². The van der Waals surface area contributed by atoms with Crippen molar-refractivity contribution in [1.29, 1.82) is 0 Å². The van der Waals surface area contributed by atoms with E-state index in [4.69, 9.17) is 0 Å². The molecule has 90 valence electrons. The zero-order chi connectivity index (χ0) is 12.7. The average molecular weight is 248 g/mol. The van der Waals surface area contributed by atoms with Gasteiger partial charge in [-0.25, -0.2) is 26.6 Å². The lowest BCUT2D eigenvalue weighted by atomic mass is 10.2. The Kier molecular flexibility index (Phi) is 2.60. The minimum atomic E-state index is -2.19. The molecule has 0 fully saturated rings. The van der Waals surface area contributed by atoms with Crippen molar-refractivity contribution in [2.75, 3.05) is 0 Å². The highest BCUT2D eigenvalue weighted by Gasteiger charge is 2.27. The van der Waals surface area contributed by atoms with Gasteiger partial charge in [0.15, 0.2) is 23.3 Å². The van der Waals surface area contributed by atoms with E-state index in [9.17, 15) is 22.0 Å². The lowest BCUT2D eigenvalue weighted by molar-refractivity contribution is 0.374. The average Bonchev–Trinajstić information content (AvgIpc) is 2.71. The topological polar surface area (TPSA) is 17.8 Å². The quantitative estimate of drug-likeness (QED) is 0.431. The molecule has 0 aliphatic heterocycles. The summed E-state index contributed by atoms with van der Waals surface area (Å²) in [4.78, 5) is 0. The summed E-state index contributed by atoms with van der Waals surface area (Å²) in [6.07, 6.45) is 1.10. The number of halogens is 5. The largest absolute Gasteiger partial charge is 0.234 e. The standard InChI is InChI=1S/C10H5F5N2/c1-4-2-3-17(16-4)10-8(14)6(12)5(11)7(13)9(10)15/h2-3H,1H3. The van der Waals surface area contributed by atoms with Gasteiger partial charge in [0, 0.05) is 6.20 Å². The normalized spacial score (nSPS) is 10.9. The molecule has 1 heterocycles. The summed E-state index contributed by atoms with van der Waals surface area (Å²) >= 11 is 0. The van der Waals surface area contributed by atoms with Crippen molar-refractivity contribution < 1.29 is 22.0 Å². The number of benzene rings is 1. The zero-order valence-electron chi connectivity index (χ0n) is 8.44. The van der Waals surface area contributed by atoms with Gasteiger partial charge in [-0.3, -0.25) is 0 Å². The molecule has 0 unspecified atom stereocenters. The second-order valence-corrected chi connectivity index (χ2v) is 3.32. The summed E-state index contributed by atoms with van der Waals surface area (Å²) in [5.74, 6) is -10.00. The van der Waals surface area contributed by atoms with Crippen molar-refractivity contribution in [1.82, 2.24) is 9.78 Å². The van der Waals surface area contributed by atoms with Crippen LogP contribution in [0.15, 0.2) is 12.3 Å². The second-order valence-electron chi connectivity index (χ2n) is 3.32. The second kappa shape index (κ2) is 3.83. The van der Waals surface area contributed by atoms with E-state index < -0.39 is 34.8 Å². The third-order valence-corrected chi connectivity index (χ3v) is 2.14. The molecule has 0 aliphatic carbocycles. The van der Waals surface area contributed by atoms with Crippen molar-refractivity contribution in [2.24, 2.45) is 0 Å². The molecule has 17 heavy (non-hydrogen) atoms. The Morgan fingerprint density at radius 1 is 0.882 bits per heavy atom. The third-order valence-electron chi connectivity index (χ3n) is 2.14. The van der Waals surface area contributed by atoms with E-state index in [2.05, 4.69) is 5.10 Å². The lowest BCUT2D eigenvalue weighted by Gasteiger charge is -2.07. The fraction of sp³-hybridized carbons (Fsp3) is 0.100. The van der Waals surface area contributed by atoms with E-state index in [1.54, 1.807) is 0 Å². The third kappa shape index (κ3) is 1.67. The molecule has 0 atom stereocenters. The van der Waals surface area contributed by atoms with Crippen molar-refractivity contribution in [3.8, 4) is 5.69 Å². The van der Waals surface area contributed by atoms with Gasteiger partial charge in [-0.05, 0) is 13.0 Å². The molecular weight excluding hydrogens is 243 g/mol. The van der Waals surface area contributed by atoms with Gasteiger partial charge in [0.25, 0.3) is 0 Å². The van der Waals surface area contributed by atoms with E-state index in [1.807, 2.05) is 0 Å². The summed E-state index contributed by atoms with van der Waals surface area (Å²) in [6, 6.07) is 1.37. The summed E-state index contributed by atoms with van der Waals surface area (Å²) < 4.78 is 65.8. The van der Waals surface area contributed by atoms with Crippen molar-refractivity contribution in [3.63, 3.8) is 0 Å².